The molecule has 4 nitrogen and oxygen atoms in total. The lowest BCUT2D eigenvalue weighted by Crippen LogP contribution is -2.35. The fraction of sp³-hybridized carbons (Fsp3) is 0.273. The topological polar surface area (TPSA) is 45.2 Å². The van der Waals surface area contributed by atoms with E-state index in [1.54, 1.807) is 6.20 Å². The number of nitrogens with zero attached hydrogens (tertiary/aromatic N) is 2. The molecule has 0 fully saturated rings. The zero-order valence-corrected chi connectivity index (χ0v) is 15.4. The molecular formula is C22H25N3O. The quantitative estimate of drug-likeness (QED) is 0.708. The molecule has 0 aliphatic heterocycles. The smallest absolute Gasteiger partial charge is 0.224 e. The number of carbonyl (C=O) groups is 1. The maximum Gasteiger partial charge on any atom is 0.224 e. The SMILES string of the molecule is CCN(CCNC(=O)Cc1cccc2cccnc12)c1cccc(C)c1. The van der Waals surface area contributed by atoms with E-state index < -0.39 is 0 Å². The van der Waals surface area contributed by atoms with E-state index in [2.05, 4.69) is 53.3 Å². The van der Waals surface area contributed by atoms with Gasteiger partial charge in [0.25, 0.3) is 0 Å². The van der Waals surface area contributed by atoms with Crippen molar-refractivity contribution in [3.05, 3.63) is 71.9 Å². The van der Waals surface area contributed by atoms with E-state index >= 15 is 0 Å². The average Bonchev–Trinajstić information content (AvgIpc) is 2.65. The van der Waals surface area contributed by atoms with Crippen molar-refractivity contribution in [3.63, 3.8) is 0 Å². The van der Waals surface area contributed by atoms with Crippen LogP contribution in [0.3, 0.4) is 0 Å². The Morgan fingerprint density at radius 3 is 2.73 bits per heavy atom. The van der Waals surface area contributed by atoms with Crippen LogP contribution in [0.25, 0.3) is 10.9 Å². The summed E-state index contributed by atoms with van der Waals surface area (Å²) in [5.74, 6) is 0.0310. The van der Waals surface area contributed by atoms with Crippen molar-refractivity contribution in [2.75, 3.05) is 24.5 Å². The highest BCUT2D eigenvalue weighted by Crippen LogP contribution is 2.17. The number of benzene rings is 2. The van der Waals surface area contributed by atoms with Crippen LogP contribution in [0.5, 0.6) is 0 Å². The highest BCUT2D eigenvalue weighted by Gasteiger charge is 2.09. The molecule has 0 saturated heterocycles. The van der Waals surface area contributed by atoms with Crippen LogP contribution in [0, 0.1) is 6.92 Å². The van der Waals surface area contributed by atoms with Gasteiger partial charge in [0, 0.05) is 36.9 Å². The van der Waals surface area contributed by atoms with Gasteiger partial charge in [0.15, 0.2) is 0 Å². The first kappa shape index (κ1) is 17.9. The number of pyridine rings is 1. The molecule has 0 atom stereocenters. The summed E-state index contributed by atoms with van der Waals surface area (Å²) in [5.41, 5.74) is 4.31. The van der Waals surface area contributed by atoms with Gasteiger partial charge < -0.3 is 10.2 Å². The predicted octanol–water partition coefficient (Wildman–Crippen LogP) is 3.73. The van der Waals surface area contributed by atoms with Crippen LogP contribution in [0.1, 0.15) is 18.1 Å². The number of hydrogen-bond acceptors (Lipinski definition) is 3. The number of rotatable bonds is 7. The number of para-hydroxylation sites is 1. The molecule has 0 bridgehead atoms. The number of carbonyl (C=O) groups excluding carboxylic acids is 1. The second-order valence-corrected chi connectivity index (χ2v) is 6.44. The maximum absolute atomic E-state index is 12.4. The minimum absolute atomic E-state index is 0.0310. The van der Waals surface area contributed by atoms with Crippen LogP contribution in [-0.2, 0) is 11.2 Å². The van der Waals surface area contributed by atoms with Crippen molar-refractivity contribution in [2.45, 2.75) is 20.3 Å². The molecule has 1 heterocycles. The van der Waals surface area contributed by atoms with E-state index in [-0.39, 0.29) is 5.91 Å². The summed E-state index contributed by atoms with van der Waals surface area (Å²) >= 11 is 0. The van der Waals surface area contributed by atoms with Crippen LogP contribution in [-0.4, -0.2) is 30.5 Å². The van der Waals surface area contributed by atoms with Crippen molar-refractivity contribution in [1.29, 1.82) is 0 Å². The summed E-state index contributed by atoms with van der Waals surface area (Å²) in [6.45, 7) is 6.55. The standard InChI is InChI=1S/C22H25N3O/c1-3-25(20-11-4-7-17(2)15-20)14-13-23-21(26)16-19-9-5-8-18-10-6-12-24-22(18)19/h4-12,15H,3,13-14,16H2,1-2H3,(H,23,26). The molecule has 4 heteroatoms. The molecule has 0 unspecified atom stereocenters. The Bertz CT molecular complexity index is 886. The highest BCUT2D eigenvalue weighted by atomic mass is 16.1. The molecule has 2 aromatic carbocycles. The van der Waals surface area contributed by atoms with Crippen molar-refractivity contribution in [2.24, 2.45) is 0 Å². The number of fused-ring (bicyclic) bond motifs is 1. The third-order valence-electron chi connectivity index (χ3n) is 4.52. The van der Waals surface area contributed by atoms with E-state index in [0.29, 0.717) is 13.0 Å². The van der Waals surface area contributed by atoms with Gasteiger partial charge >= 0.3 is 0 Å². The number of nitrogens with one attached hydrogen (secondary N) is 1. The molecule has 1 aromatic heterocycles. The van der Waals surface area contributed by atoms with Gasteiger partial charge in [-0.2, -0.15) is 0 Å². The number of amides is 1. The summed E-state index contributed by atoms with van der Waals surface area (Å²) in [7, 11) is 0. The van der Waals surface area contributed by atoms with E-state index in [1.165, 1.54) is 11.3 Å². The number of anilines is 1. The molecule has 1 amide bonds. The molecule has 134 valence electrons. The Morgan fingerprint density at radius 2 is 1.92 bits per heavy atom. The third kappa shape index (κ3) is 4.39. The number of aromatic nitrogens is 1. The third-order valence-corrected chi connectivity index (χ3v) is 4.52. The van der Waals surface area contributed by atoms with Gasteiger partial charge in [-0.3, -0.25) is 9.78 Å². The fourth-order valence-corrected chi connectivity index (χ4v) is 3.17. The molecule has 0 saturated carbocycles. The highest BCUT2D eigenvalue weighted by molar-refractivity contribution is 5.87. The molecular weight excluding hydrogens is 322 g/mol. The normalized spacial score (nSPS) is 10.7. The number of hydrogen-bond donors (Lipinski definition) is 1. The van der Waals surface area contributed by atoms with Gasteiger partial charge in [-0.1, -0.05) is 36.4 Å². The molecule has 0 radical (unpaired) electrons. The van der Waals surface area contributed by atoms with Gasteiger partial charge in [0.1, 0.15) is 0 Å². The largest absolute Gasteiger partial charge is 0.370 e. The van der Waals surface area contributed by atoms with Gasteiger partial charge in [0.2, 0.25) is 5.91 Å². The summed E-state index contributed by atoms with van der Waals surface area (Å²) in [5, 5.41) is 4.10. The van der Waals surface area contributed by atoms with Crippen molar-refractivity contribution in [1.82, 2.24) is 10.3 Å². The van der Waals surface area contributed by atoms with Crippen molar-refractivity contribution >= 4 is 22.5 Å². The average molecular weight is 347 g/mol. The van der Waals surface area contributed by atoms with Crippen LogP contribution in [0.15, 0.2) is 60.8 Å². The van der Waals surface area contributed by atoms with E-state index in [9.17, 15) is 4.79 Å². The zero-order valence-electron chi connectivity index (χ0n) is 15.4. The first-order valence-corrected chi connectivity index (χ1v) is 9.08. The lowest BCUT2D eigenvalue weighted by atomic mass is 10.1. The molecule has 26 heavy (non-hydrogen) atoms. The molecule has 1 N–H and O–H groups in total. The fourth-order valence-electron chi connectivity index (χ4n) is 3.17. The van der Waals surface area contributed by atoms with Gasteiger partial charge in [-0.05, 0) is 43.2 Å². The maximum atomic E-state index is 12.4. The Hall–Kier alpha value is -2.88. The minimum atomic E-state index is 0.0310. The van der Waals surface area contributed by atoms with Gasteiger partial charge in [-0.15, -0.1) is 0 Å². The second-order valence-electron chi connectivity index (χ2n) is 6.44. The van der Waals surface area contributed by atoms with Gasteiger partial charge in [-0.25, -0.2) is 0 Å². The van der Waals surface area contributed by atoms with Crippen LogP contribution >= 0.6 is 0 Å². The molecule has 0 aliphatic carbocycles. The summed E-state index contributed by atoms with van der Waals surface area (Å²) < 4.78 is 0. The first-order valence-electron chi connectivity index (χ1n) is 9.08. The summed E-state index contributed by atoms with van der Waals surface area (Å²) in [6, 6.07) is 18.3. The van der Waals surface area contributed by atoms with Gasteiger partial charge in [0.05, 0.1) is 11.9 Å². The Balaban J connectivity index is 1.57. The lowest BCUT2D eigenvalue weighted by Gasteiger charge is -2.23. The summed E-state index contributed by atoms with van der Waals surface area (Å²) in [6.07, 6.45) is 2.12. The molecule has 0 aliphatic rings. The monoisotopic (exact) mass is 347 g/mol. The first-order chi connectivity index (χ1) is 12.7. The minimum Gasteiger partial charge on any atom is -0.370 e. The van der Waals surface area contributed by atoms with Crippen LogP contribution in [0.4, 0.5) is 5.69 Å². The molecule has 3 aromatic rings. The van der Waals surface area contributed by atoms with Crippen LogP contribution in [0.2, 0.25) is 0 Å². The summed E-state index contributed by atoms with van der Waals surface area (Å²) in [4.78, 5) is 19.0. The Morgan fingerprint density at radius 1 is 1.12 bits per heavy atom. The van der Waals surface area contributed by atoms with Crippen molar-refractivity contribution < 1.29 is 4.79 Å². The predicted molar refractivity (Wildman–Crippen MR) is 108 cm³/mol. The van der Waals surface area contributed by atoms with E-state index in [1.807, 2.05) is 30.3 Å². The lowest BCUT2D eigenvalue weighted by molar-refractivity contribution is -0.120. The van der Waals surface area contributed by atoms with E-state index in [0.717, 1.165) is 29.6 Å². The zero-order chi connectivity index (χ0) is 18.4. The Kier molecular flexibility index (Phi) is 5.84. The molecule has 3 rings (SSSR count). The number of likely N-dealkylation sites (N-methyl/N-ethyl adjacent to an activating group) is 1. The van der Waals surface area contributed by atoms with Crippen molar-refractivity contribution in [3.8, 4) is 0 Å². The second kappa shape index (κ2) is 8.48. The van der Waals surface area contributed by atoms with Crippen LogP contribution < -0.4 is 10.2 Å². The van der Waals surface area contributed by atoms with E-state index in [4.69, 9.17) is 0 Å². The molecule has 0 spiro atoms. The number of aryl methyl sites for hydroxylation is 1. The Labute approximate surface area is 154 Å².